The predicted octanol–water partition coefficient (Wildman–Crippen LogP) is 2.73. The molecule has 2 aromatic rings. The van der Waals surface area contributed by atoms with Gasteiger partial charge in [-0.05, 0) is 45.8 Å². The molecule has 0 saturated carbocycles. The van der Waals surface area contributed by atoms with E-state index < -0.39 is 0 Å². The number of anilines is 1. The van der Waals surface area contributed by atoms with Gasteiger partial charge in [-0.2, -0.15) is 0 Å². The van der Waals surface area contributed by atoms with Crippen LogP contribution in [0.1, 0.15) is 23.0 Å². The molecule has 0 unspecified atom stereocenters. The second-order valence-electron chi connectivity index (χ2n) is 4.39. The van der Waals surface area contributed by atoms with Crippen molar-refractivity contribution < 1.29 is 9.59 Å². The van der Waals surface area contributed by atoms with Crippen LogP contribution in [0, 0.1) is 0 Å². The van der Waals surface area contributed by atoms with Crippen molar-refractivity contribution in [2.75, 3.05) is 5.32 Å². The zero-order chi connectivity index (χ0) is 15.2. The molecule has 2 amide bonds. The number of hydrogen-bond acceptors (Lipinski definition) is 3. The summed E-state index contributed by atoms with van der Waals surface area (Å²) in [5.41, 5.74) is 2.02. The molecule has 5 nitrogen and oxygen atoms in total. The largest absolute Gasteiger partial charge is 0.347 e. The molecular weight excluding hydrogens is 334 g/mol. The van der Waals surface area contributed by atoms with E-state index in [1.807, 2.05) is 12.1 Å². The first kappa shape index (κ1) is 15.2. The fourth-order valence-electron chi connectivity index (χ4n) is 1.73. The maximum Gasteiger partial charge on any atom is 0.271 e. The second kappa shape index (κ2) is 6.99. The van der Waals surface area contributed by atoms with E-state index in [-0.39, 0.29) is 11.8 Å². The Morgan fingerprint density at radius 2 is 1.90 bits per heavy atom. The van der Waals surface area contributed by atoms with Gasteiger partial charge in [0.15, 0.2) is 0 Å². The van der Waals surface area contributed by atoms with Crippen molar-refractivity contribution in [1.29, 1.82) is 0 Å². The van der Waals surface area contributed by atoms with Gasteiger partial charge >= 0.3 is 0 Å². The van der Waals surface area contributed by atoms with E-state index in [1.54, 1.807) is 30.5 Å². The summed E-state index contributed by atoms with van der Waals surface area (Å²) in [4.78, 5) is 26.9. The number of rotatable bonds is 4. The van der Waals surface area contributed by atoms with E-state index in [0.29, 0.717) is 16.7 Å². The van der Waals surface area contributed by atoms with Crippen molar-refractivity contribution in [2.45, 2.75) is 13.5 Å². The van der Waals surface area contributed by atoms with Gasteiger partial charge in [-0.3, -0.25) is 9.59 Å². The monoisotopic (exact) mass is 347 g/mol. The number of amides is 2. The van der Waals surface area contributed by atoms with Crippen LogP contribution in [-0.2, 0) is 11.3 Å². The number of pyridine rings is 1. The molecule has 0 aliphatic carbocycles. The molecule has 1 aromatic heterocycles. The predicted molar refractivity (Wildman–Crippen MR) is 83.9 cm³/mol. The van der Waals surface area contributed by atoms with Crippen LogP contribution in [0.25, 0.3) is 0 Å². The Morgan fingerprint density at radius 3 is 2.52 bits per heavy atom. The van der Waals surface area contributed by atoms with Gasteiger partial charge in [0, 0.05) is 29.8 Å². The molecule has 0 bridgehead atoms. The van der Waals surface area contributed by atoms with Crippen molar-refractivity contribution in [3.05, 3.63) is 58.3 Å². The van der Waals surface area contributed by atoms with E-state index in [2.05, 4.69) is 31.5 Å². The third-order valence-electron chi connectivity index (χ3n) is 2.70. The Bertz CT molecular complexity index is 656. The fourth-order valence-corrected chi connectivity index (χ4v) is 2.16. The summed E-state index contributed by atoms with van der Waals surface area (Å²) >= 11 is 3.29. The van der Waals surface area contributed by atoms with Crippen LogP contribution in [0.15, 0.2) is 47.1 Å². The minimum Gasteiger partial charge on any atom is -0.347 e. The van der Waals surface area contributed by atoms with Crippen molar-refractivity contribution >= 4 is 33.4 Å². The molecule has 0 spiro atoms. The van der Waals surface area contributed by atoms with E-state index in [1.165, 1.54) is 6.92 Å². The summed E-state index contributed by atoms with van der Waals surface area (Å²) in [6.07, 6.45) is 1.57. The molecular formula is C15H14BrN3O2. The third-order valence-corrected chi connectivity index (χ3v) is 3.34. The molecule has 1 aromatic carbocycles. The topological polar surface area (TPSA) is 71.1 Å². The Kier molecular flexibility index (Phi) is 5.05. The van der Waals surface area contributed by atoms with Gasteiger partial charge < -0.3 is 10.6 Å². The zero-order valence-electron chi connectivity index (χ0n) is 11.4. The van der Waals surface area contributed by atoms with Crippen molar-refractivity contribution in [3.63, 3.8) is 0 Å². The highest BCUT2D eigenvalue weighted by Gasteiger charge is 2.10. The second-order valence-corrected chi connectivity index (χ2v) is 5.25. The molecule has 108 valence electrons. The molecule has 6 heteroatoms. The fraction of sp³-hybridized carbons (Fsp3) is 0.133. The van der Waals surface area contributed by atoms with E-state index in [9.17, 15) is 9.59 Å². The van der Waals surface area contributed by atoms with Crippen molar-refractivity contribution in [3.8, 4) is 0 Å². The minimum absolute atomic E-state index is 0.115. The number of aromatic nitrogens is 1. The summed E-state index contributed by atoms with van der Waals surface area (Å²) in [5.74, 6) is -0.357. The first-order valence-corrected chi connectivity index (χ1v) is 7.11. The van der Waals surface area contributed by atoms with Crippen LogP contribution < -0.4 is 10.6 Å². The first-order chi connectivity index (χ1) is 10.1. The number of nitrogens with zero attached hydrogens (tertiary/aromatic N) is 1. The maximum atomic E-state index is 12.0. The van der Waals surface area contributed by atoms with Gasteiger partial charge in [0.05, 0.1) is 0 Å². The Labute approximate surface area is 130 Å². The average Bonchev–Trinajstić information content (AvgIpc) is 2.46. The van der Waals surface area contributed by atoms with E-state index in [0.717, 1.165) is 11.3 Å². The molecule has 0 aliphatic heterocycles. The summed E-state index contributed by atoms with van der Waals surface area (Å²) in [6.45, 7) is 1.85. The van der Waals surface area contributed by atoms with Gasteiger partial charge in [-0.15, -0.1) is 0 Å². The lowest BCUT2D eigenvalue weighted by Crippen LogP contribution is -2.24. The van der Waals surface area contributed by atoms with Gasteiger partial charge in [-0.1, -0.05) is 12.1 Å². The van der Waals surface area contributed by atoms with Gasteiger partial charge in [-0.25, -0.2) is 4.98 Å². The van der Waals surface area contributed by atoms with Gasteiger partial charge in [0.2, 0.25) is 5.91 Å². The number of hydrogen-bond donors (Lipinski definition) is 2. The molecule has 0 fully saturated rings. The lowest BCUT2D eigenvalue weighted by molar-refractivity contribution is -0.114. The van der Waals surface area contributed by atoms with E-state index >= 15 is 0 Å². The molecule has 2 rings (SSSR count). The Morgan fingerprint density at radius 1 is 1.19 bits per heavy atom. The normalized spacial score (nSPS) is 10.0. The molecule has 0 atom stereocenters. The number of halogens is 1. The molecule has 21 heavy (non-hydrogen) atoms. The van der Waals surface area contributed by atoms with Crippen LogP contribution in [0.5, 0.6) is 0 Å². The van der Waals surface area contributed by atoms with Gasteiger partial charge in [0.25, 0.3) is 5.91 Å². The summed E-state index contributed by atoms with van der Waals surface area (Å²) in [7, 11) is 0. The molecule has 0 radical (unpaired) electrons. The molecule has 2 N–H and O–H groups in total. The average molecular weight is 348 g/mol. The number of carbonyl (C=O) groups excluding carboxylic acids is 2. The SMILES string of the molecule is CC(=O)Nc1ccc(CNC(=O)c2ncccc2Br)cc1. The maximum absolute atomic E-state index is 12.0. The van der Waals surface area contributed by atoms with Crippen LogP contribution in [0.2, 0.25) is 0 Å². The summed E-state index contributed by atoms with van der Waals surface area (Å²) in [5, 5.41) is 5.49. The van der Waals surface area contributed by atoms with Gasteiger partial charge in [0.1, 0.15) is 5.69 Å². The summed E-state index contributed by atoms with van der Waals surface area (Å²) < 4.78 is 0.656. The lowest BCUT2D eigenvalue weighted by Gasteiger charge is -2.07. The standard InChI is InChI=1S/C15H14BrN3O2/c1-10(20)19-12-6-4-11(5-7-12)9-18-15(21)14-13(16)3-2-8-17-14/h2-8H,9H2,1H3,(H,18,21)(H,19,20). The highest BCUT2D eigenvalue weighted by atomic mass is 79.9. The quantitative estimate of drug-likeness (QED) is 0.893. The highest BCUT2D eigenvalue weighted by molar-refractivity contribution is 9.10. The third kappa shape index (κ3) is 4.39. The smallest absolute Gasteiger partial charge is 0.271 e. The van der Waals surface area contributed by atoms with Crippen molar-refractivity contribution in [1.82, 2.24) is 10.3 Å². The summed E-state index contributed by atoms with van der Waals surface area (Å²) in [6, 6.07) is 10.8. The lowest BCUT2D eigenvalue weighted by atomic mass is 10.2. The van der Waals surface area contributed by atoms with Crippen LogP contribution in [0.3, 0.4) is 0 Å². The Hall–Kier alpha value is -2.21. The number of benzene rings is 1. The Balaban J connectivity index is 1.95. The highest BCUT2D eigenvalue weighted by Crippen LogP contribution is 2.13. The van der Waals surface area contributed by atoms with Crippen molar-refractivity contribution in [2.24, 2.45) is 0 Å². The van der Waals surface area contributed by atoms with E-state index in [4.69, 9.17) is 0 Å². The first-order valence-electron chi connectivity index (χ1n) is 6.31. The van der Waals surface area contributed by atoms with Crippen LogP contribution >= 0.6 is 15.9 Å². The zero-order valence-corrected chi connectivity index (χ0v) is 13.0. The number of carbonyl (C=O) groups is 2. The molecule has 0 aliphatic rings. The van der Waals surface area contributed by atoms with Crippen LogP contribution in [0.4, 0.5) is 5.69 Å². The molecule has 0 saturated heterocycles. The molecule has 1 heterocycles. The minimum atomic E-state index is -0.242. The van der Waals surface area contributed by atoms with Crippen LogP contribution in [-0.4, -0.2) is 16.8 Å². The number of nitrogens with one attached hydrogen (secondary N) is 2.